The van der Waals surface area contributed by atoms with Gasteiger partial charge in [-0.1, -0.05) is 12.8 Å². The first-order valence-electron chi connectivity index (χ1n) is 6.70. The van der Waals surface area contributed by atoms with E-state index < -0.39 is 5.97 Å². The molecule has 1 aromatic heterocycles. The highest BCUT2D eigenvalue weighted by Crippen LogP contribution is 2.32. The lowest BCUT2D eigenvalue weighted by molar-refractivity contribution is -0.144. The van der Waals surface area contributed by atoms with Crippen LogP contribution in [-0.4, -0.2) is 25.8 Å². The van der Waals surface area contributed by atoms with Crippen molar-refractivity contribution >= 4 is 5.97 Å². The van der Waals surface area contributed by atoms with Gasteiger partial charge in [-0.25, -0.2) is 9.67 Å². The first-order chi connectivity index (χ1) is 8.59. The molecule has 0 aliphatic heterocycles. The van der Waals surface area contributed by atoms with Crippen LogP contribution in [0.25, 0.3) is 0 Å². The van der Waals surface area contributed by atoms with Crippen molar-refractivity contribution in [2.24, 2.45) is 11.8 Å². The fraction of sp³-hybridized carbons (Fsp3) is 0.769. The monoisotopic (exact) mass is 251 g/mol. The van der Waals surface area contributed by atoms with Gasteiger partial charge in [0.1, 0.15) is 12.2 Å². The maximum atomic E-state index is 11.3. The molecule has 1 saturated carbocycles. The summed E-state index contributed by atoms with van der Waals surface area (Å²) in [6, 6.07) is 0.273. The molecule has 1 aromatic rings. The molecule has 0 radical (unpaired) electrons. The molecule has 1 aliphatic rings. The van der Waals surface area contributed by atoms with Crippen LogP contribution in [0.4, 0.5) is 0 Å². The highest BCUT2D eigenvalue weighted by Gasteiger charge is 2.31. The Morgan fingerprint density at radius 3 is 2.89 bits per heavy atom. The molecule has 2 atom stereocenters. The van der Waals surface area contributed by atoms with E-state index in [2.05, 4.69) is 23.9 Å². The van der Waals surface area contributed by atoms with Gasteiger partial charge in [0.25, 0.3) is 0 Å². The van der Waals surface area contributed by atoms with Crippen molar-refractivity contribution in [3.05, 3.63) is 12.2 Å². The van der Waals surface area contributed by atoms with Crippen molar-refractivity contribution < 1.29 is 9.90 Å². The Morgan fingerprint density at radius 2 is 2.22 bits per heavy atom. The minimum Gasteiger partial charge on any atom is -0.481 e. The average Bonchev–Trinajstić information content (AvgIpc) is 2.77. The van der Waals surface area contributed by atoms with Crippen LogP contribution < -0.4 is 0 Å². The lowest BCUT2D eigenvalue weighted by Gasteiger charge is -2.28. The summed E-state index contributed by atoms with van der Waals surface area (Å²) in [5, 5.41) is 13.5. The Kier molecular flexibility index (Phi) is 3.99. The smallest absolute Gasteiger partial charge is 0.306 e. The summed E-state index contributed by atoms with van der Waals surface area (Å²) in [7, 11) is 0. The highest BCUT2D eigenvalue weighted by atomic mass is 16.4. The van der Waals surface area contributed by atoms with E-state index in [1.165, 1.54) is 0 Å². The van der Waals surface area contributed by atoms with E-state index >= 15 is 0 Å². The summed E-state index contributed by atoms with van der Waals surface area (Å²) < 4.78 is 1.90. The average molecular weight is 251 g/mol. The summed E-state index contributed by atoms with van der Waals surface area (Å²) in [6.07, 6.45) is 6.25. The number of aliphatic carboxylic acids is 1. The largest absolute Gasteiger partial charge is 0.481 e. The lowest BCUT2D eigenvalue weighted by atomic mass is 9.77. The normalized spacial score (nSPS) is 24.4. The molecule has 5 heteroatoms. The van der Waals surface area contributed by atoms with Gasteiger partial charge in [0, 0.05) is 12.5 Å². The number of carboxylic acids is 1. The number of carbonyl (C=O) groups is 1. The molecule has 2 rings (SSSR count). The van der Waals surface area contributed by atoms with Crippen LogP contribution in [0.2, 0.25) is 0 Å². The molecule has 5 nitrogen and oxygen atoms in total. The molecule has 2 unspecified atom stereocenters. The quantitative estimate of drug-likeness (QED) is 0.891. The maximum Gasteiger partial charge on any atom is 0.306 e. The topological polar surface area (TPSA) is 68.0 Å². The van der Waals surface area contributed by atoms with Crippen molar-refractivity contribution in [2.75, 3.05) is 0 Å². The zero-order valence-corrected chi connectivity index (χ0v) is 11.0. The number of carboxylic acid groups (broad SMARTS) is 1. The van der Waals surface area contributed by atoms with Gasteiger partial charge in [0.2, 0.25) is 0 Å². The highest BCUT2D eigenvalue weighted by molar-refractivity contribution is 5.70. The van der Waals surface area contributed by atoms with Gasteiger partial charge in [-0.2, -0.15) is 5.10 Å². The van der Waals surface area contributed by atoms with E-state index in [-0.39, 0.29) is 17.9 Å². The maximum absolute atomic E-state index is 11.3. The van der Waals surface area contributed by atoms with Crippen molar-refractivity contribution in [1.82, 2.24) is 14.8 Å². The van der Waals surface area contributed by atoms with E-state index in [9.17, 15) is 9.90 Å². The second-order valence-electron chi connectivity index (χ2n) is 5.41. The summed E-state index contributed by atoms with van der Waals surface area (Å²) in [4.78, 5) is 15.6. The van der Waals surface area contributed by atoms with Crippen LogP contribution >= 0.6 is 0 Å². The fourth-order valence-electron chi connectivity index (χ4n) is 2.86. The molecular weight excluding hydrogens is 230 g/mol. The van der Waals surface area contributed by atoms with Crippen LogP contribution in [-0.2, 0) is 11.2 Å². The lowest BCUT2D eigenvalue weighted by Crippen LogP contribution is -2.29. The molecule has 0 aromatic carbocycles. The third-order valence-corrected chi connectivity index (χ3v) is 3.81. The van der Waals surface area contributed by atoms with E-state index in [0.717, 1.165) is 37.9 Å². The van der Waals surface area contributed by atoms with Gasteiger partial charge < -0.3 is 5.11 Å². The van der Waals surface area contributed by atoms with Crippen molar-refractivity contribution in [3.63, 3.8) is 0 Å². The molecule has 0 bridgehead atoms. The minimum atomic E-state index is -0.657. The third-order valence-electron chi connectivity index (χ3n) is 3.81. The van der Waals surface area contributed by atoms with E-state index in [4.69, 9.17) is 0 Å². The molecular formula is C13H21N3O2. The number of rotatable bonds is 4. The molecule has 1 fully saturated rings. The molecule has 0 amide bonds. The zero-order valence-electron chi connectivity index (χ0n) is 11.0. The summed E-state index contributed by atoms with van der Waals surface area (Å²) in [6.45, 7) is 4.13. The van der Waals surface area contributed by atoms with Gasteiger partial charge in [-0.3, -0.25) is 4.79 Å². The fourth-order valence-corrected chi connectivity index (χ4v) is 2.86. The van der Waals surface area contributed by atoms with Gasteiger partial charge in [-0.05, 0) is 32.6 Å². The van der Waals surface area contributed by atoms with Crippen molar-refractivity contribution in [3.8, 4) is 0 Å². The Hall–Kier alpha value is -1.39. The second-order valence-corrected chi connectivity index (χ2v) is 5.41. The Labute approximate surface area is 107 Å². The standard InChI is InChI=1S/C13H21N3O2/c1-9(2)16-12(14-8-15-16)7-10-5-3-4-6-11(10)13(17)18/h8-11H,3-7H2,1-2H3,(H,17,18). The van der Waals surface area contributed by atoms with Gasteiger partial charge in [-0.15, -0.1) is 0 Å². The molecule has 18 heavy (non-hydrogen) atoms. The molecule has 100 valence electrons. The SMILES string of the molecule is CC(C)n1ncnc1CC1CCCCC1C(=O)O. The van der Waals surface area contributed by atoms with Crippen molar-refractivity contribution in [2.45, 2.75) is 52.0 Å². The second kappa shape index (κ2) is 5.50. The number of hydrogen-bond donors (Lipinski definition) is 1. The predicted molar refractivity (Wildman–Crippen MR) is 67.2 cm³/mol. The Morgan fingerprint density at radius 1 is 1.50 bits per heavy atom. The summed E-state index contributed by atoms with van der Waals surface area (Å²) in [5.41, 5.74) is 0. The van der Waals surface area contributed by atoms with Crippen LogP contribution in [0, 0.1) is 11.8 Å². The first kappa shape index (κ1) is 13.1. The van der Waals surface area contributed by atoms with Crippen molar-refractivity contribution in [1.29, 1.82) is 0 Å². The zero-order chi connectivity index (χ0) is 13.1. The third kappa shape index (κ3) is 2.71. The van der Waals surface area contributed by atoms with Gasteiger partial charge in [0.15, 0.2) is 0 Å². The molecule has 0 saturated heterocycles. The summed E-state index contributed by atoms with van der Waals surface area (Å²) >= 11 is 0. The molecule has 1 heterocycles. The molecule has 1 N–H and O–H groups in total. The van der Waals surface area contributed by atoms with E-state index in [1.807, 2.05) is 4.68 Å². The van der Waals surface area contributed by atoms with Gasteiger partial charge in [0.05, 0.1) is 5.92 Å². The van der Waals surface area contributed by atoms with Gasteiger partial charge >= 0.3 is 5.97 Å². The number of aromatic nitrogens is 3. The van der Waals surface area contributed by atoms with Crippen LogP contribution in [0.1, 0.15) is 51.4 Å². The van der Waals surface area contributed by atoms with Crippen LogP contribution in [0.3, 0.4) is 0 Å². The predicted octanol–water partition coefficient (Wildman–Crippen LogP) is 2.29. The summed E-state index contributed by atoms with van der Waals surface area (Å²) in [5.74, 6) is 0.257. The molecule has 1 aliphatic carbocycles. The van der Waals surface area contributed by atoms with E-state index in [0.29, 0.717) is 0 Å². The first-order valence-corrected chi connectivity index (χ1v) is 6.70. The Bertz CT molecular complexity index is 414. The number of nitrogens with zero attached hydrogens (tertiary/aromatic N) is 3. The molecule has 0 spiro atoms. The van der Waals surface area contributed by atoms with Crippen LogP contribution in [0.5, 0.6) is 0 Å². The van der Waals surface area contributed by atoms with E-state index in [1.54, 1.807) is 6.33 Å². The van der Waals surface area contributed by atoms with Crippen LogP contribution in [0.15, 0.2) is 6.33 Å². The minimum absolute atomic E-state index is 0.206. The number of hydrogen-bond acceptors (Lipinski definition) is 3. The Balaban J connectivity index is 2.11.